The third-order valence-electron chi connectivity index (χ3n) is 4.94. The Morgan fingerprint density at radius 3 is 2.75 bits per heavy atom. The Bertz CT molecular complexity index is 823. The van der Waals surface area contributed by atoms with E-state index >= 15 is 0 Å². The molecule has 0 aliphatic carbocycles. The molecule has 24 heavy (non-hydrogen) atoms. The van der Waals surface area contributed by atoms with Gasteiger partial charge in [0.05, 0.1) is 10.9 Å². The van der Waals surface area contributed by atoms with E-state index < -0.39 is 0 Å². The molecule has 1 aromatic carbocycles. The van der Waals surface area contributed by atoms with Crippen LogP contribution in [-0.2, 0) is 13.0 Å². The number of aryl methyl sites for hydroxylation is 1. The first-order valence-corrected chi connectivity index (χ1v) is 8.81. The summed E-state index contributed by atoms with van der Waals surface area (Å²) in [6, 6.07) is 5.29. The third kappa shape index (κ3) is 3.21. The fourth-order valence-electron chi connectivity index (χ4n) is 3.02. The van der Waals surface area contributed by atoms with Gasteiger partial charge in [0, 0.05) is 24.6 Å². The number of nitrogens with zero attached hydrogens (tertiary/aromatic N) is 2. The van der Waals surface area contributed by atoms with Crippen molar-refractivity contribution in [2.75, 3.05) is 0 Å². The van der Waals surface area contributed by atoms with Crippen LogP contribution in [0.25, 0.3) is 10.9 Å². The van der Waals surface area contributed by atoms with Crippen LogP contribution in [0.2, 0.25) is 0 Å². The van der Waals surface area contributed by atoms with Crippen LogP contribution in [-0.4, -0.2) is 21.5 Å². The Kier molecular flexibility index (Phi) is 4.69. The van der Waals surface area contributed by atoms with Gasteiger partial charge >= 0.3 is 0 Å². The maximum absolute atomic E-state index is 12.7. The number of hydrogen-bond donors (Lipinski definition) is 1. The van der Waals surface area contributed by atoms with Crippen molar-refractivity contribution in [3.05, 3.63) is 39.9 Å². The molecule has 3 rings (SSSR count). The molecule has 1 aliphatic rings. The van der Waals surface area contributed by atoms with E-state index in [9.17, 15) is 9.59 Å². The van der Waals surface area contributed by atoms with E-state index in [1.807, 2.05) is 6.92 Å². The molecule has 5 nitrogen and oxygen atoms in total. The van der Waals surface area contributed by atoms with Gasteiger partial charge in [0.25, 0.3) is 11.5 Å². The Labute approximate surface area is 142 Å². The smallest absolute Gasteiger partial charge is 0.261 e. The van der Waals surface area contributed by atoms with Crippen LogP contribution in [0.4, 0.5) is 0 Å². The number of aromatic nitrogens is 2. The second-order valence-electron chi connectivity index (χ2n) is 7.03. The summed E-state index contributed by atoms with van der Waals surface area (Å²) in [5, 5.41) is 3.59. The van der Waals surface area contributed by atoms with Crippen molar-refractivity contribution in [2.24, 2.45) is 5.92 Å². The Morgan fingerprint density at radius 1 is 1.21 bits per heavy atom. The quantitative estimate of drug-likeness (QED) is 0.943. The molecule has 1 N–H and O–H groups in total. The first-order valence-electron chi connectivity index (χ1n) is 8.81. The molecule has 0 bridgehead atoms. The van der Waals surface area contributed by atoms with Gasteiger partial charge in [-0.05, 0) is 43.9 Å². The minimum absolute atomic E-state index is 0.0133. The van der Waals surface area contributed by atoms with Crippen LogP contribution in [0.1, 0.15) is 56.2 Å². The normalized spacial score (nSPS) is 15.8. The van der Waals surface area contributed by atoms with Crippen molar-refractivity contribution >= 4 is 16.8 Å². The topological polar surface area (TPSA) is 64.0 Å². The van der Waals surface area contributed by atoms with Gasteiger partial charge in [-0.1, -0.05) is 20.3 Å². The average molecular weight is 327 g/mol. The van der Waals surface area contributed by atoms with E-state index in [0.29, 0.717) is 22.4 Å². The molecule has 0 saturated heterocycles. The van der Waals surface area contributed by atoms with Gasteiger partial charge in [-0.2, -0.15) is 0 Å². The van der Waals surface area contributed by atoms with Gasteiger partial charge in [0.2, 0.25) is 0 Å². The van der Waals surface area contributed by atoms with Crippen LogP contribution in [0.15, 0.2) is 23.0 Å². The number of hydrogen-bond acceptors (Lipinski definition) is 3. The van der Waals surface area contributed by atoms with Crippen molar-refractivity contribution in [2.45, 2.75) is 59.0 Å². The van der Waals surface area contributed by atoms with Crippen molar-refractivity contribution in [1.82, 2.24) is 14.9 Å². The summed E-state index contributed by atoms with van der Waals surface area (Å²) >= 11 is 0. The summed E-state index contributed by atoms with van der Waals surface area (Å²) < 4.78 is 1.80. The highest BCUT2D eigenvalue weighted by Crippen LogP contribution is 2.16. The molecule has 1 amide bonds. The molecular weight excluding hydrogens is 302 g/mol. The van der Waals surface area contributed by atoms with Gasteiger partial charge in [-0.25, -0.2) is 4.98 Å². The maximum atomic E-state index is 12.7. The second-order valence-corrected chi connectivity index (χ2v) is 7.03. The molecule has 0 radical (unpaired) electrons. The lowest BCUT2D eigenvalue weighted by atomic mass is 10.1. The molecule has 1 atom stereocenters. The molecule has 2 heterocycles. The number of carbonyl (C=O) groups is 1. The lowest BCUT2D eigenvalue weighted by molar-refractivity contribution is 0.0930. The predicted molar refractivity (Wildman–Crippen MR) is 95.3 cm³/mol. The van der Waals surface area contributed by atoms with Crippen molar-refractivity contribution in [3.8, 4) is 0 Å². The van der Waals surface area contributed by atoms with E-state index in [2.05, 4.69) is 24.1 Å². The standard InChI is InChI=1S/C19H25N3O2/c1-12(2)13(3)20-18(23)14-8-9-15-16(11-14)21-17-7-5-4-6-10-22(17)19(15)24/h8-9,11-13H,4-7,10H2,1-3H3,(H,20,23). The lowest BCUT2D eigenvalue weighted by Crippen LogP contribution is -2.36. The Hall–Kier alpha value is -2.17. The molecular formula is C19H25N3O2. The largest absolute Gasteiger partial charge is 0.349 e. The van der Waals surface area contributed by atoms with Crippen LogP contribution in [0.5, 0.6) is 0 Å². The second kappa shape index (κ2) is 6.75. The molecule has 2 aromatic rings. The number of rotatable bonds is 3. The predicted octanol–water partition coefficient (Wildman–Crippen LogP) is 2.90. The molecule has 0 spiro atoms. The summed E-state index contributed by atoms with van der Waals surface area (Å²) in [5.74, 6) is 1.10. The number of fused-ring (bicyclic) bond motifs is 2. The van der Waals surface area contributed by atoms with E-state index in [-0.39, 0.29) is 17.5 Å². The zero-order chi connectivity index (χ0) is 17.3. The molecule has 5 heteroatoms. The van der Waals surface area contributed by atoms with Gasteiger partial charge in [0.1, 0.15) is 5.82 Å². The van der Waals surface area contributed by atoms with Crippen molar-refractivity contribution in [3.63, 3.8) is 0 Å². The monoisotopic (exact) mass is 327 g/mol. The zero-order valence-electron chi connectivity index (χ0n) is 14.6. The highest BCUT2D eigenvalue weighted by molar-refractivity contribution is 5.97. The summed E-state index contributed by atoms with van der Waals surface area (Å²) in [4.78, 5) is 29.8. The summed E-state index contributed by atoms with van der Waals surface area (Å²) in [6.07, 6.45) is 4.03. The zero-order valence-corrected chi connectivity index (χ0v) is 14.6. The number of nitrogens with one attached hydrogen (secondary N) is 1. The van der Waals surface area contributed by atoms with Crippen molar-refractivity contribution < 1.29 is 4.79 Å². The number of benzene rings is 1. The van der Waals surface area contributed by atoms with E-state index in [4.69, 9.17) is 0 Å². The molecule has 1 unspecified atom stereocenters. The average Bonchev–Trinajstić information content (AvgIpc) is 2.80. The van der Waals surface area contributed by atoms with Crippen LogP contribution >= 0.6 is 0 Å². The van der Waals surface area contributed by atoms with Gasteiger partial charge in [0.15, 0.2) is 0 Å². The van der Waals surface area contributed by atoms with Crippen LogP contribution < -0.4 is 10.9 Å². The summed E-state index contributed by atoms with van der Waals surface area (Å²) in [7, 11) is 0. The van der Waals surface area contributed by atoms with Gasteiger partial charge < -0.3 is 5.32 Å². The van der Waals surface area contributed by atoms with E-state index in [1.54, 1.807) is 22.8 Å². The molecule has 1 aromatic heterocycles. The van der Waals surface area contributed by atoms with Crippen LogP contribution in [0, 0.1) is 5.92 Å². The first kappa shape index (κ1) is 16.7. The minimum Gasteiger partial charge on any atom is -0.349 e. The van der Waals surface area contributed by atoms with E-state index in [1.165, 1.54) is 0 Å². The molecule has 0 saturated carbocycles. The first-order chi connectivity index (χ1) is 11.5. The van der Waals surface area contributed by atoms with Gasteiger partial charge in [-0.3, -0.25) is 14.2 Å². The summed E-state index contributed by atoms with van der Waals surface area (Å²) in [6.45, 7) is 6.88. The highest BCUT2D eigenvalue weighted by Gasteiger charge is 2.16. The van der Waals surface area contributed by atoms with Crippen LogP contribution in [0.3, 0.4) is 0 Å². The molecule has 0 fully saturated rings. The van der Waals surface area contributed by atoms with Crippen molar-refractivity contribution in [1.29, 1.82) is 0 Å². The lowest BCUT2D eigenvalue weighted by Gasteiger charge is -2.17. The number of amides is 1. The fourth-order valence-corrected chi connectivity index (χ4v) is 3.02. The molecule has 128 valence electrons. The third-order valence-corrected chi connectivity index (χ3v) is 4.94. The SMILES string of the molecule is CC(C)C(C)NC(=O)c1ccc2c(=O)n3c(nc2c1)CCCCC3. The minimum atomic E-state index is -0.116. The fraction of sp³-hybridized carbons (Fsp3) is 0.526. The number of carbonyl (C=O) groups excluding carboxylic acids is 1. The maximum Gasteiger partial charge on any atom is 0.261 e. The van der Waals surface area contributed by atoms with Gasteiger partial charge in [-0.15, -0.1) is 0 Å². The van der Waals surface area contributed by atoms with E-state index in [0.717, 1.165) is 38.1 Å². The highest BCUT2D eigenvalue weighted by atomic mass is 16.1. The Balaban J connectivity index is 1.99. The Morgan fingerprint density at radius 2 is 2.00 bits per heavy atom. The molecule has 1 aliphatic heterocycles. The summed E-state index contributed by atoms with van der Waals surface area (Å²) in [5.41, 5.74) is 1.19.